The summed E-state index contributed by atoms with van der Waals surface area (Å²) in [5, 5.41) is 7.70. The van der Waals surface area contributed by atoms with Crippen LogP contribution in [0.25, 0.3) is 0 Å². The highest BCUT2D eigenvalue weighted by molar-refractivity contribution is 7.99. The van der Waals surface area contributed by atoms with Crippen molar-refractivity contribution in [3.05, 3.63) is 58.1 Å². The number of thioether (sulfide) groups is 1. The number of anilines is 1. The van der Waals surface area contributed by atoms with Gasteiger partial charge in [-0.05, 0) is 80.3 Å². The Kier molecular flexibility index (Phi) is 17.1. The Balaban J connectivity index is 0.00000243. The van der Waals surface area contributed by atoms with Crippen LogP contribution in [-0.2, 0) is 11.3 Å². The number of thiol groups is 1. The maximum absolute atomic E-state index is 13.1. The Bertz CT molecular complexity index is 1280. The van der Waals surface area contributed by atoms with Crippen LogP contribution in [0, 0.1) is 5.41 Å². The lowest BCUT2D eigenvalue weighted by Crippen LogP contribution is -2.46. The minimum Gasteiger partial charge on any atom is -0.487 e. The van der Waals surface area contributed by atoms with E-state index in [1.54, 1.807) is 18.0 Å². The van der Waals surface area contributed by atoms with Gasteiger partial charge in [-0.15, -0.1) is 0 Å². The zero-order valence-electron chi connectivity index (χ0n) is 25.6. The monoisotopic (exact) mass is 699 g/mol. The van der Waals surface area contributed by atoms with Gasteiger partial charge in [-0.25, -0.2) is 8.78 Å². The van der Waals surface area contributed by atoms with Crippen molar-refractivity contribution in [3.63, 3.8) is 0 Å². The number of nitrogens with one attached hydrogen (secondary N) is 3. The van der Waals surface area contributed by atoms with Crippen LogP contribution in [0.2, 0.25) is 5.02 Å². The van der Waals surface area contributed by atoms with Gasteiger partial charge in [-0.1, -0.05) is 31.5 Å². The van der Waals surface area contributed by atoms with Crippen LogP contribution in [0.3, 0.4) is 0 Å². The standard InChI is InChI=1S/C27H29ClF5N3O4S.C2H6.CH4S/c1-26(2,27(31,32)33)25(39)34-13-15-3-5-20(28)18(11-15)23(37)36-17-4-6-21(40-14-22(29)30)19(12-17)24(38)35-16-7-9-41-10-8-16;2*1-2/h3-6,11-12,16,22H,7-10,13-14H2,1-2H3,(H,34,39)(H,35,38)(H,36,37);1-2H3;2H,1H3. The second-order valence-electron chi connectivity index (χ2n) is 9.85. The molecule has 0 spiro atoms. The van der Waals surface area contributed by atoms with Crippen molar-refractivity contribution in [3.8, 4) is 5.75 Å². The number of amides is 3. The fourth-order valence-electron chi connectivity index (χ4n) is 3.76. The summed E-state index contributed by atoms with van der Waals surface area (Å²) in [6, 6.07) is 7.98. The fraction of sp³-hybridized carbons (Fsp3) is 0.500. The average Bonchev–Trinajstić information content (AvgIpc) is 3.01. The van der Waals surface area contributed by atoms with Gasteiger partial charge in [0.15, 0.2) is 0 Å². The Labute approximate surface area is 275 Å². The van der Waals surface area contributed by atoms with E-state index in [-0.39, 0.29) is 40.2 Å². The summed E-state index contributed by atoms with van der Waals surface area (Å²) in [5.41, 5.74) is -2.25. The van der Waals surface area contributed by atoms with E-state index in [9.17, 15) is 36.3 Å². The second kappa shape index (κ2) is 19.1. The van der Waals surface area contributed by atoms with Gasteiger partial charge in [0, 0.05) is 18.3 Å². The summed E-state index contributed by atoms with van der Waals surface area (Å²) in [7, 11) is 0. The number of ether oxygens (including phenoxy) is 1. The molecule has 0 radical (unpaired) electrons. The molecule has 252 valence electrons. The molecule has 15 heteroatoms. The highest BCUT2D eigenvalue weighted by atomic mass is 35.5. The topological polar surface area (TPSA) is 96.5 Å². The lowest BCUT2D eigenvalue weighted by Gasteiger charge is -2.26. The van der Waals surface area contributed by atoms with Crippen LogP contribution < -0.4 is 20.7 Å². The minimum atomic E-state index is -4.76. The molecule has 0 aliphatic carbocycles. The van der Waals surface area contributed by atoms with Gasteiger partial charge >= 0.3 is 6.18 Å². The number of hydrogen-bond acceptors (Lipinski definition) is 6. The van der Waals surface area contributed by atoms with Gasteiger partial charge < -0.3 is 20.7 Å². The first-order valence-electron chi connectivity index (χ1n) is 14.0. The molecule has 2 aromatic carbocycles. The molecule has 0 bridgehead atoms. The van der Waals surface area contributed by atoms with Crippen molar-refractivity contribution in [1.29, 1.82) is 0 Å². The number of alkyl halides is 5. The van der Waals surface area contributed by atoms with E-state index >= 15 is 0 Å². The largest absolute Gasteiger partial charge is 0.487 e. The van der Waals surface area contributed by atoms with Crippen molar-refractivity contribution in [2.45, 2.75) is 65.7 Å². The van der Waals surface area contributed by atoms with Gasteiger partial charge in [0.1, 0.15) is 17.8 Å². The Hall–Kier alpha value is -2.71. The highest BCUT2D eigenvalue weighted by Gasteiger charge is 2.52. The van der Waals surface area contributed by atoms with Crippen LogP contribution in [-0.4, -0.2) is 60.7 Å². The smallest absolute Gasteiger partial charge is 0.402 e. The van der Waals surface area contributed by atoms with Crippen molar-refractivity contribution < 1.29 is 41.1 Å². The summed E-state index contributed by atoms with van der Waals surface area (Å²) in [5.74, 6) is -0.824. The van der Waals surface area contributed by atoms with Crippen molar-refractivity contribution in [2.24, 2.45) is 5.41 Å². The molecule has 45 heavy (non-hydrogen) atoms. The number of benzene rings is 2. The maximum atomic E-state index is 13.1. The van der Waals surface area contributed by atoms with E-state index in [0.717, 1.165) is 38.2 Å². The van der Waals surface area contributed by atoms with Gasteiger partial charge in [0.25, 0.3) is 18.2 Å². The predicted octanol–water partition coefficient (Wildman–Crippen LogP) is 7.64. The van der Waals surface area contributed by atoms with Crippen LogP contribution >= 0.6 is 36.0 Å². The van der Waals surface area contributed by atoms with E-state index in [4.69, 9.17) is 16.3 Å². The van der Waals surface area contributed by atoms with E-state index in [1.807, 2.05) is 13.8 Å². The predicted molar refractivity (Wildman–Crippen MR) is 173 cm³/mol. The van der Waals surface area contributed by atoms with Crippen molar-refractivity contribution in [2.75, 3.05) is 29.7 Å². The number of hydrogen-bond donors (Lipinski definition) is 4. The molecule has 7 nitrogen and oxygen atoms in total. The molecule has 0 unspecified atom stereocenters. The summed E-state index contributed by atoms with van der Waals surface area (Å²) in [6.07, 6.45) is -4.32. The Morgan fingerprint density at radius 1 is 1.00 bits per heavy atom. The normalized spacial score (nSPS) is 13.4. The molecule has 1 aliphatic rings. The third-order valence-electron chi connectivity index (χ3n) is 6.41. The molecule has 0 aromatic heterocycles. The van der Waals surface area contributed by atoms with Gasteiger partial charge in [0.2, 0.25) is 5.91 Å². The third-order valence-corrected chi connectivity index (χ3v) is 7.79. The average molecular weight is 700 g/mol. The molecular formula is C30H39ClF5N3O4S2. The number of halogens is 6. The quantitative estimate of drug-likeness (QED) is 0.151. The molecule has 0 saturated carbocycles. The molecule has 1 aliphatic heterocycles. The fourth-order valence-corrected chi connectivity index (χ4v) is 5.07. The molecule has 1 heterocycles. The molecule has 3 N–H and O–H groups in total. The molecule has 1 saturated heterocycles. The first-order chi connectivity index (χ1) is 21.2. The highest BCUT2D eigenvalue weighted by Crippen LogP contribution is 2.37. The van der Waals surface area contributed by atoms with E-state index in [1.165, 1.54) is 36.4 Å². The zero-order chi connectivity index (χ0) is 34.4. The minimum absolute atomic E-state index is 0.0261. The number of carbonyl (C=O) groups is 3. The van der Waals surface area contributed by atoms with Crippen molar-refractivity contribution in [1.82, 2.24) is 10.6 Å². The lowest BCUT2D eigenvalue weighted by atomic mass is 9.91. The van der Waals surface area contributed by atoms with Gasteiger partial charge in [-0.3, -0.25) is 14.4 Å². The van der Waals surface area contributed by atoms with E-state index in [0.29, 0.717) is 5.56 Å². The summed E-state index contributed by atoms with van der Waals surface area (Å²) in [4.78, 5) is 38.2. The SMILES string of the molecule is CC.CC(C)(C(=O)NCc1ccc(Cl)c(C(=O)Nc2ccc(OCC(F)F)c(C(=O)NC3CCSCC3)c2)c1)C(F)(F)F.CS. The molecule has 2 aromatic rings. The molecule has 0 atom stereocenters. The number of rotatable bonds is 10. The van der Waals surface area contributed by atoms with Crippen LogP contribution in [0.4, 0.5) is 27.6 Å². The van der Waals surface area contributed by atoms with E-state index < -0.39 is 42.3 Å². The Morgan fingerprint density at radius 3 is 2.20 bits per heavy atom. The molecule has 3 amide bonds. The van der Waals surface area contributed by atoms with Crippen molar-refractivity contribution >= 4 is 59.4 Å². The third kappa shape index (κ3) is 12.2. The summed E-state index contributed by atoms with van der Waals surface area (Å²) < 4.78 is 70.1. The summed E-state index contributed by atoms with van der Waals surface area (Å²) in [6.45, 7) is 4.30. The van der Waals surface area contributed by atoms with E-state index in [2.05, 4.69) is 28.6 Å². The molecular weight excluding hydrogens is 661 g/mol. The first-order valence-corrected chi connectivity index (χ1v) is 16.4. The summed E-state index contributed by atoms with van der Waals surface area (Å²) >= 11 is 11.5. The van der Waals surface area contributed by atoms with Gasteiger partial charge in [0.05, 0.1) is 16.1 Å². The maximum Gasteiger partial charge on any atom is 0.402 e. The Morgan fingerprint density at radius 2 is 1.62 bits per heavy atom. The molecule has 3 rings (SSSR count). The first kappa shape index (κ1) is 40.3. The van der Waals surface area contributed by atoms with Crippen LogP contribution in [0.5, 0.6) is 5.75 Å². The molecule has 1 fully saturated rings. The lowest BCUT2D eigenvalue weighted by molar-refractivity contribution is -0.211. The second-order valence-corrected chi connectivity index (χ2v) is 11.5. The zero-order valence-corrected chi connectivity index (χ0v) is 28.1. The van der Waals surface area contributed by atoms with Gasteiger partial charge in [-0.2, -0.15) is 37.6 Å². The van der Waals surface area contributed by atoms with Crippen LogP contribution in [0.1, 0.15) is 66.8 Å². The number of carbonyl (C=O) groups excluding carboxylic acids is 3. The van der Waals surface area contributed by atoms with Crippen LogP contribution in [0.15, 0.2) is 36.4 Å².